The number of thiocarbonyl (C=S) groups is 1. The SMILES string of the molecule is CCOc1cc(/C=C2/SC(=S)N(c3ccccc3C)C2=O)ccc1OCC(=O)O. The number of thioether (sulfide) groups is 1. The number of ether oxygens (including phenoxy) is 2. The number of carboxylic acids is 1. The van der Waals surface area contributed by atoms with Crippen molar-refractivity contribution in [3.8, 4) is 11.5 Å². The molecule has 3 rings (SSSR count). The molecule has 1 aliphatic rings. The number of hydrogen-bond donors (Lipinski definition) is 1. The topological polar surface area (TPSA) is 76.1 Å². The average Bonchev–Trinajstić information content (AvgIpc) is 2.95. The molecule has 1 saturated heterocycles. The van der Waals surface area contributed by atoms with E-state index in [2.05, 4.69) is 0 Å². The van der Waals surface area contributed by atoms with Crippen LogP contribution in [0.4, 0.5) is 5.69 Å². The molecule has 1 aliphatic heterocycles. The largest absolute Gasteiger partial charge is 0.490 e. The number of carbonyl (C=O) groups is 2. The number of para-hydroxylation sites is 1. The van der Waals surface area contributed by atoms with Crippen LogP contribution in [0, 0.1) is 6.92 Å². The first-order valence-corrected chi connectivity index (χ1v) is 10.1. The number of carboxylic acid groups (broad SMARTS) is 1. The monoisotopic (exact) mass is 429 g/mol. The third-order valence-electron chi connectivity index (χ3n) is 4.07. The maximum atomic E-state index is 13.0. The van der Waals surface area contributed by atoms with Gasteiger partial charge >= 0.3 is 5.97 Å². The molecule has 0 bridgehead atoms. The number of carbonyl (C=O) groups excluding carboxylic acids is 1. The second-order valence-electron chi connectivity index (χ2n) is 6.13. The van der Waals surface area contributed by atoms with Crippen LogP contribution in [0.25, 0.3) is 6.08 Å². The molecule has 0 unspecified atom stereocenters. The first kappa shape index (κ1) is 20.9. The average molecular weight is 430 g/mol. The van der Waals surface area contributed by atoms with E-state index in [1.807, 2.05) is 38.1 Å². The molecular formula is C21H19NO5S2. The zero-order valence-electron chi connectivity index (χ0n) is 15.9. The molecule has 2 aromatic carbocycles. The zero-order valence-corrected chi connectivity index (χ0v) is 17.5. The van der Waals surface area contributed by atoms with Crippen molar-refractivity contribution in [2.24, 2.45) is 0 Å². The summed E-state index contributed by atoms with van der Waals surface area (Å²) in [5.74, 6) is -0.509. The molecule has 0 radical (unpaired) electrons. The summed E-state index contributed by atoms with van der Waals surface area (Å²) >= 11 is 6.66. The fourth-order valence-corrected chi connectivity index (χ4v) is 4.07. The lowest BCUT2D eigenvalue weighted by molar-refractivity contribution is -0.139. The molecule has 0 aliphatic carbocycles. The van der Waals surface area contributed by atoms with E-state index in [0.29, 0.717) is 27.3 Å². The van der Waals surface area contributed by atoms with Crippen molar-refractivity contribution in [3.63, 3.8) is 0 Å². The predicted octanol–water partition coefficient (Wildman–Crippen LogP) is 4.26. The zero-order chi connectivity index (χ0) is 21.0. The number of amides is 1. The number of anilines is 1. The number of aryl methyl sites for hydroxylation is 1. The van der Waals surface area contributed by atoms with Gasteiger partial charge in [-0.15, -0.1) is 0 Å². The molecule has 0 aromatic heterocycles. The van der Waals surface area contributed by atoms with E-state index in [0.717, 1.165) is 16.8 Å². The van der Waals surface area contributed by atoms with Gasteiger partial charge in [0.2, 0.25) is 0 Å². The quantitative estimate of drug-likeness (QED) is 0.520. The molecule has 1 N–H and O–H groups in total. The van der Waals surface area contributed by atoms with Gasteiger partial charge in [0.1, 0.15) is 0 Å². The Morgan fingerprint density at radius 2 is 1.97 bits per heavy atom. The Morgan fingerprint density at radius 1 is 1.21 bits per heavy atom. The number of hydrogen-bond acceptors (Lipinski definition) is 6. The smallest absolute Gasteiger partial charge is 0.341 e. The number of benzene rings is 2. The van der Waals surface area contributed by atoms with Gasteiger partial charge in [0.05, 0.1) is 17.2 Å². The van der Waals surface area contributed by atoms with Crippen molar-refractivity contribution >= 4 is 51.9 Å². The molecule has 1 heterocycles. The molecule has 8 heteroatoms. The van der Waals surface area contributed by atoms with Crippen LogP contribution in [0.2, 0.25) is 0 Å². The van der Waals surface area contributed by atoms with Gasteiger partial charge < -0.3 is 14.6 Å². The maximum absolute atomic E-state index is 13.0. The van der Waals surface area contributed by atoms with E-state index < -0.39 is 12.6 Å². The van der Waals surface area contributed by atoms with Gasteiger partial charge in [-0.3, -0.25) is 9.69 Å². The lowest BCUT2D eigenvalue weighted by atomic mass is 10.1. The Balaban J connectivity index is 1.89. The Labute approximate surface area is 178 Å². The Kier molecular flexibility index (Phi) is 6.56. The minimum Gasteiger partial charge on any atom is -0.490 e. The van der Waals surface area contributed by atoms with E-state index in [-0.39, 0.29) is 5.91 Å². The van der Waals surface area contributed by atoms with E-state index in [4.69, 9.17) is 26.8 Å². The lowest BCUT2D eigenvalue weighted by Gasteiger charge is -2.16. The van der Waals surface area contributed by atoms with E-state index in [1.165, 1.54) is 16.7 Å². The molecular weight excluding hydrogens is 410 g/mol. The van der Waals surface area contributed by atoms with Gasteiger partial charge in [0.15, 0.2) is 22.4 Å². The number of nitrogens with zero attached hydrogens (tertiary/aromatic N) is 1. The molecule has 29 heavy (non-hydrogen) atoms. The highest BCUT2D eigenvalue weighted by Gasteiger charge is 2.34. The normalized spacial score (nSPS) is 15.1. The Morgan fingerprint density at radius 3 is 2.66 bits per heavy atom. The summed E-state index contributed by atoms with van der Waals surface area (Å²) in [4.78, 5) is 25.7. The lowest BCUT2D eigenvalue weighted by Crippen LogP contribution is -2.28. The van der Waals surface area contributed by atoms with Crippen LogP contribution in [-0.4, -0.2) is 34.5 Å². The second kappa shape index (κ2) is 9.11. The van der Waals surface area contributed by atoms with Crippen LogP contribution in [0.5, 0.6) is 11.5 Å². The minimum absolute atomic E-state index is 0.182. The second-order valence-corrected chi connectivity index (χ2v) is 7.80. The Hall–Kier alpha value is -2.84. The third kappa shape index (κ3) is 4.78. The van der Waals surface area contributed by atoms with Gasteiger partial charge in [-0.2, -0.15) is 0 Å². The van der Waals surface area contributed by atoms with Crippen molar-refractivity contribution in [1.29, 1.82) is 0 Å². The molecule has 2 aromatic rings. The van der Waals surface area contributed by atoms with E-state index >= 15 is 0 Å². The molecule has 0 spiro atoms. The predicted molar refractivity (Wildman–Crippen MR) is 118 cm³/mol. The van der Waals surface area contributed by atoms with Crippen molar-refractivity contribution in [2.45, 2.75) is 13.8 Å². The number of rotatable bonds is 7. The molecule has 1 fully saturated rings. The number of aliphatic carboxylic acids is 1. The van der Waals surface area contributed by atoms with Crippen LogP contribution in [0.3, 0.4) is 0 Å². The molecule has 0 saturated carbocycles. The summed E-state index contributed by atoms with van der Waals surface area (Å²) in [6, 6.07) is 12.7. The van der Waals surface area contributed by atoms with Crippen LogP contribution in [0.15, 0.2) is 47.4 Å². The van der Waals surface area contributed by atoms with Crippen LogP contribution in [-0.2, 0) is 9.59 Å². The molecule has 0 atom stereocenters. The van der Waals surface area contributed by atoms with E-state index in [9.17, 15) is 9.59 Å². The van der Waals surface area contributed by atoms with Crippen molar-refractivity contribution in [3.05, 3.63) is 58.5 Å². The summed E-state index contributed by atoms with van der Waals surface area (Å²) in [6.45, 7) is 3.68. The van der Waals surface area contributed by atoms with Crippen LogP contribution in [0.1, 0.15) is 18.1 Å². The molecule has 150 valence electrons. The highest BCUT2D eigenvalue weighted by Crippen LogP contribution is 2.38. The maximum Gasteiger partial charge on any atom is 0.341 e. The van der Waals surface area contributed by atoms with Gasteiger partial charge in [-0.1, -0.05) is 48.2 Å². The summed E-state index contributed by atoms with van der Waals surface area (Å²) in [7, 11) is 0. The fourth-order valence-electron chi connectivity index (χ4n) is 2.78. The van der Waals surface area contributed by atoms with Crippen molar-refractivity contribution in [1.82, 2.24) is 0 Å². The molecule has 1 amide bonds. The van der Waals surface area contributed by atoms with E-state index in [1.54, 1.807) is 24.3 Å². The molecule has 6 nitrogen and oxygen atoms in total. The summed E-state index contributed by atoms with van der Waals surface area (Å²) < 4.78 is 11.3. The minimum atomic E-state index is -1.07. The van der Waals surface area contributed by atoms with Gasteiger partial charge in [-0.05, 0) is 49.2 Å². The standard InChI is InChI=1S/C21H19NO5S2/c1-3-26-17-10-14(8-9-16(17)27-12-19(23)24)11-18-20(25)22(21(28)29-18)15-7-5-4-6-13(15)2/h4-11H,3,12H2,1-2H3,(H,23,24)/b18-11+. The Bertz CT molecular complexity index is 1000. The van der Waals surface area contributed by atoms with Gasteiger partial charge in [-0.25, -0.2) is 4.79 Å². The van der Waals surface area contributed by atoms with Gasteiger partial charge in [0, 0.05) is 0 Å². The fraction of sp³-hybridized carbons (Fsp3) is 0.190. The van der Waals surface area contributed by atoms with Crippen molar-refractivity contribution in [2.75, 3.05) is 18.1 Å². The third-order valence-corrected chi connectivity index (χ3v) is 5.37. The summed E-state index contributed by atoms with van der Waals surface area (Å²) in [6.07, 6.45) is 1.74. The van der Waals surface area contributed by atoms with Crippen molar-refractivity contribution < 1.29 is 24.2 Å². The first-order chi connectivity index (χ1) is 13.9. The van der Waals surface area contributed by atoms with Crippen LogP contribution >= 0.6 is 24.0 Å². The highest BCUT2D eigenvalue weighted by atomic mass is 32.2. The van der Waals surface area contributed by atoms with Crippen LogP contribution < -0.4 is 14.4 Å². The summed E-state index contributed by atoms with van der Waals surface area (Å²) in [5.41, 5.74) is 2.45. The highest BCUT2D eigenvalue weighted by molar-refractivity contribution is 8.27. The summed E-state index contributed by atoms with van der Waals surface area (Å²) in [5, 5.41) is 8.80. The van der Waals surface area contributed by atoms with Gasteiger partial charge in [0.25, 0.3) is 5.91 Å². The first-order valence-electron chi connectivity index (χ1n) is 8.85.